The lowest BCUT2D eigenvalue weighted by molar-refractivity contribution is -0.131. The molecule has 0 atom stereocenters. The number of amides is 1. The van der Waals surface area contributed by atoms with Crippen molar-refractivity contribution in [2.24, 2.45) is 5.41 Å². The zero-order chi connectivity index (χ0) is 14.4. The molecule has 0 aromatic heterocycles. The van der Waals surface area contributed by atoms with Gasteiger partial charge in [-0.1, -0.05) is 31.2 Å². The van der Waals surface area contributed by atoms with E-state index in [4.69, 9.17) is 4.74 Å². The van der Waals surface area contributed by atoms with E-state index in [1.165, 1.54) is 0 Å². The van der Waals surface area contributed by atoms with E-state index in [-0.39, 0.29) is 11.3 Å². The first-order chi connectivity index (χ1) is 9.64. The second kappa shape index (κ2) is 6.86. The predicted octanol–water partition coefficient (Wildman–Crippen LogP) is 1.84. The Bertz CT molecular complexity index is 454. The number of hydrogen-bond acceptors (Lipinski definition) is 3. The Morgan fingerprint density at radius 1 is 1.35 bits per heavy atom. The Morgan fingerprint density at radius 3 is 2.75 bits per heavy atom. The van der Waals surface area contributed by atoms with Gasteiger partial charge in [0, 0.05) is 19.1 Å². The zero-order valence-electron chi connectivity index (χ0n) is 12.4. The summed E-state index contributed by atoms with van der Waals surface area (Å²) in [6, 6.07) is 8.14. The van der Waals surface area contributed by atoms with Crippen LogP contribution in [0.15, 0.2) is 24.3 Å². The highest BCUT2D eigenvalue weighted by atomic mass is 16.5. The Morgan fingerprint density at radius 2 is 2.05 bits per heavy atom. The van der Waals surface area contributed by atoms with E-state index in [2.05, 4.69) is 23.6 Å². The van der Waals surface area contributed by atoms with Crippen LogP contribution in [0.4, 0.5) is 0 Å². The summed E-state index contributed by atoms with van der Waals surface area (Å²) in [5.41, 5.74) is 2.02. The molecule has 1 aliphatic rings. The molecule has 1 saturated heterocycles. The van der Waals surface area contributed by atoms with Crippen molar-refractivity contribution in [2.45, 2.75) is 32.9 Å². The standard InChI is InChI=1S/C16H24N2O2/c1-16(6-8-17-9-7-16)15(19)18-11-13-4-3-5-14(10-13)12-20-2/h3-5,10,17H,6-9,11-12H2,1-2H3,(H,18,19). The third-order valence-corrected chi connectivity index (χ3v) is 4.01. The van der Waals surface area contributed by atoms with Crippen LogP contribution in [0.5, 0.6) is 0 Å². The molecule has 4 nitrogen and oxygen atoms in total. The van der Waals surface area contributed by atoms with Crippen LogP contribution in [-0.4, -0.2) is 26.1 Å². The largest absolute Gasteiger partial charge is 0.380 e. The number of hydrogen-bond donors (Lipinski definition) is 2. The Labute approximate surface area is 120 Å². The molecule has 1 heterocycles. The van der Waals surface area contributed by atoms with Gasteiger partial charge in [0.25, 0.3) is 0 Å². The Kier molecular flexibility index (Phi) is 5.15. The first-order valence-electron chi connectivity index (χ1n) is 7.20. The average Bonchev–Trinajstić information content (AvgIpc) is 2.46. The molecule has 0 bridgehead atoms. The highest BCUT2D eigenvalue weighted by Gasteiger charge is 2.34. The van der Waals surface area contributed by atoms with Crippen molar-refractivity contribution in [1.82, 2.24) is 10.6 Å². The van der Waals surface area contributed by atoms with Crippen LogP contribution in [0.1, 0.15) is 30.9 Å². The molecule has 110 valence electrons. The predicted molar refractivity (Wildman–Crippen MR) is 79.2 cm³/mol. The van der Waals surface area contributed by atoms with Gasteiger partial charge in [-0.25, -0.2) is 0 Å². The minimum absolute atomic E-state index is 0.163. The fraction of sp³-hybridized carbons (Fsp3) is 0.562. The van der Waals surface area contributed by atoms with Crippen molar-refractivity contribution in [3.8, 4) is 0 Å². The summed E-state index contributed by atoms with van der Waals surface area (Å²) in [4.78, 5) is 12.3. The van der Waals surface area contributed by atoms with Gasteiger partial charge < -0.3 is 15.4 Å². The van der Waals surface area contributed by atoms with Crippen molar-refractivity contribution in [3.05, 3.63) is 35.4 Å². The minimum Gasteiger partial charge on any atom is -0.380 e. The molecule has 0 saturated carbocycles. The van der Waals surface area contributed by atoms with Crippen LogP contribution in [0, 0.1) is 5.41 Å². The van der Waals surface area contributed by atoms with E-state index in [1.54, 1.807) is 7.11 Å². The maximum Gasteiger partial charge on any atom is 0.226 e. The summed E-state index contributed by atoms with van der Waals surface area (Å²) in [7, 11) is 1.69. The summed E-state index contributed by atoms with van der Waals surface area (Å²) in [5, 5.41) is 6.37. The molecular formula is C16H24N2O2. The molecular weight excluding hydrogens is 252 g/mol. The summed E-state index contributed by atoms with van der Waals surface area (Å²) in [6.45, 7) is 5.09. The zero-order valence-corrected chi connectivity index (χ0v) is 12.4. The minimum atomic E-state index is -0.227. The van der Waals surface area contributed by atoms with E-state index < -0.39 is 0 Å². The SMILES string of the molecule is COCc1cccc(CNC(=O)C2(C)CCNCC2)c1. The first-order valence-corrected chi connectivity index (χ1v) is 7.20. The second-order valence-electron chi connectivity index (χ2n) is 5.75. The van der Waals surface area contributed by atoms with Gasteiger partial charge in [0.05, 0.1) is 6.61 Å². The van der Waals surface area contributed by atoms with Crippen LogP contribution in [0.3, 0.4) is 0 Å². The molecule has 0 spiro atoms. The van der Waals surface area contributed by atoms with E-state index in [0.717, 1.165) is 37.1 Å². The maximum atomic E-state index is 12.3. The molecule has 2 N–H and O–H groups in total. The first kappa shape index (κ1) is 15.0. The van der Waals surface area contributed by atoms with Gasteiger partial charge in [0.2, 0.25) is 5.91 Å². The van der Waals surface area contributed by atoms with E-state index >= 15 is 0 Å². The molecule has 2 rings (SSSR count). The molecule has 0 radical (unpaired) electrons. The normalized spacial score (nSPS) is 17.7. The van der Waals surface area contributed by atoms with Crippen molar-refractivity contribution in [1.29, 1.82) is 0 Å². The molecule has 4 heteroatoms. The van der Waals surface area contributed by atoms with Gasteiger partial charge in [-0.3, -0.25) is 4.79 Å². The topological polar surface area (TPSA) is 50.4 Å². The number of ether oxygens (including phenoxy) is 1. The van der Waals surface area contributed by atoms with Gasteiger partial charge in [0.15, 0.2) is 0 Å². The van der Waals surface area contributed by atoms with E-state index in [0.29, 0.717) is 13.2 Å². The monoisotopic (exact) mass is 276 g/mol. The summed E-state index contributed by atoms with van der Waals surface area (Å²) < 4.78 is 5.13. The van der Waals surface area contributed by atoms with Gasteiger partial charge in [-0.05, 0) is 37.1 Å². The van der Waals surface area contributed by atoms with Crippen LogP contribution in [-0.2, 0) is 22.7 Å². The number of piperidine rings is 1. The number of nitrogens with one attached hydrogen (secondary N) is 2. The number of methoxy groups -OCH3 is 1. The third-order valence-electron chi connectivity index (χ3n) is 4.01. The lowest BCUT2D eigenvalue weighted by atomic mass is 9.80. The van der Waals surface area contributed by atoms with Crippen LogP contribution in [0.2, 0.25) is 0 Å². The van der Waals surface area contributed by atoms with Crippen LogP contribution in [0.25, 0.3) is 0 Å². The molecule has 1 aromatic rings. The fourth-order valence-electron chi connectivity index (χ4n) is 2.60. The molecule has 0 unspecified atom stereocenters. The van der Waals surface area contributed by atoms with Gasteiger partial charge >= 0.3 is 0 Å². The number of rotatable bonds is 5. The van der Waals surface area contributed by atoms with E-state index in [9.17, 15) is 4.79 Å². The van der Waals surface area contributed by atoms with Gasteiger partial charge in [0.1, 0.15) is 0 Å². The van der Waals surface area contributed by atoms with Gasteiger partial charge in [-0.2, -0.15) is 0 Å². The van der Waals surface area contributed by atoms with Crippen molar-refractivity contribution in [2.75, 3.05) is 20.2 Å². The quantitative estimate of drug-likeness (QED) is 0.863. The van der Waals surface area contributed by atoms with Gasteiger partial charge in [-0.15, -0.1) is 0 Å². The smallest absolute Gasteiger partial charge is 0.226 e. The average molecular weight is 276 g/mol. The lowest BCUT2D eigenvalue weighted by Gasteiger charge is -2.32. The molecule has 0 aliphatic carbocycles. The Hall–Kier alpha value is -1.39. The molecule has 1 aromatic carbocycles. The number of benzene rings is 1. The fourth-order valence-corrected chi connectivity index (χ4v) is 2.60. The molecule has 1 amide bonds. The lowest BCUT2D eigenvalue weighted by Crippen LogP contribution is -2.45. The summed E-state index contributed by atoms with van der Waals surface area (Å²) >= 11 is 0. The number of carbonyl (C=O) groups is 1. The van der Waals surface area contributed by atoms with Crippen molar-refractivity contribution in [3.63, 3.8) is 0 Å². The summed E-state index contributed by atoms with van der Waals surface area (Å²) in [6.07, 6.45) is 1.81. The van der Waals surface area contributed by atoms with Crippen molar-refractivity contribution < 1.29 is 9.53 Å². The molecule has 20 heavy (non-hydrogen) atoms. The number of carbonyl (C=O) groups excluding carboxylic acids is 1. The Balaban J connectivity index is 1.91. The summed E-state index contributed by atoms with van der Waals surface area (Å²) in [5.74, 6) is 0.163. The molecule has 1 aliphatic heterocycles. The van der Waals surface area contributed by atoms with E-state index in [1.807, 2.05) is 18.2 Å². The second-order valence-corrected chi connectivity index (χ2v) is 5.75. The van der Waals surface area contributed by atoms with Crippen LogP contribution >= 0.6 is 0 Å². The molecule has 1 fully saturated rings. The maximum absolute atomic E-state index is 12.3. The highest BCUT2D eigenvalue weighted by Crippen LogP contribution is 2.28. The van der Waals surface area contributed by atoms with Crippen molar-refractivity contribution >= 4 is 5.91 Å². The highest BCUT2D eigenvalue weighted by molar-refractivity contribution is 5.82. The van der Waals surface area contributed by atoms with Crippen LogP contribution < -0.4 is 10.6 Å². The third kappa shape index (κ3) is 3.81.